The Kier molecular flexibility index (Phi) is 5.22. The molecule has 0 unspecified atom stereocenters. The van der Waals surface area contributed by atoms with Gasteiger partial charge in [-0.05, 0) is 65.7 Å². The van der Waals surface area contributed by atoms with Gasteiger partial charge < -0.3 is 9.13 Å². The number of fused-ring (bicyclic) bond motifs is 6. The van der Waals surface area contributed by atoms with Gasteiger partial charge in [0, 0.05) is 32.9 Å². The van der Waals surface area contributed by atoms with Crippen LogP contribution in [0.1, 0.15) is 11.1 Å². The van der Waals surface area contributed by atoms with Crippen LogP contribution in [-0.2, 0) is 0 Å². The second kappa shape index (κ2) is 9.24. The second-order valence-corrected chi connectivity index (χ2v) is 10.5. The van der Waals surface area contributed by atoms with Crippen LogP contribution in [0.3, 0.4) is 0 Å². The molecule has 2 aromatic heterocycles. The number of aromatic nitrogens is 2. The lowest BCUT2D eigenvalue weighted by Crippen LogP contribution is -2.00. The van der Waals surface area contributed by atoms with Crippen molar-refractivity contribution in [1.29, 1.82) is 10.5 Å². The Labute approximate surface area is 242 Å². The molecule has 42 heavy (non-hydrogen) atoms. The van der Waals surface area contributed by atoms with E-state index >= 15 is 0 Å². The third-order valence-electron chi connectivity index (χ3n) is 8.16. The molecule has 0 aliphatic heterocycles. The maximum atomic E-state index is 10.1. The Morgan fingerprint density at radius 2 is 0.857 bits per heavy atom. The number of hydrogen-bond donors (Lipinski definition) is 0. The van der Waals surface area contributed by atoms with E-state index in [1.165, 1.54) is 21.5 Å². The molecule has 8 rings (SSSR count). The van der Waals surface area contributed by atoms with E-state index < -0.39 is 0 Å². The highest BCUT2D eigenvalue weighted by atomic mass is 15.0. The fourth-order valence-corrected chi connectivity index (χ4v) is 6.37. The van der Waals surface area contributed by atoms with Gasteiger partial charge in [0.2, 0.25) is 0 Å². The van der Waals surface area contributed by atoms with Crippen molar-refractivity contribution in [2.24, 2.45) is 0 Å². The van der Waals surface area contributed by atoms with E-state index in [0.29, 0.717) is 11.1 Å². The van der Waals surface area contributed by atoms with Crippen LogP contribution in [0, 0.1) is 22.7 Å². The van der Waals surface area contributed by atoms with Crippen LogP contribution < -0.4 is 0 Å². The van der Waals surface area contributed by atoms with Gasteiger partial charge >= 0.3 is 0 Å². The lowest BCUT2D eigenvalue weighted by atomic mass is 9.97. The molecule has 0 spiro atoms. The molecule has 0 atom stereocenters. The molecule has 0 fully saturated rings. The average molecular weight is 535 g/mol. The summed E-state index contributed by atoms with van der Waals surface area (Å²) in [4.78, 5) is 0. The summed E-state index contributed by atoms with van der Waals surface area (Å²) in [5, 5.41) is 24.3. The summed E-state index contributed by atoms with van der Waals surface area (Å²) in [7, 11) is 0. The predicted molar refractivity (Wildman–Crippen MR) is 170 cm³/mol. The van der Waals surface area contributed by atoms with Crippen molar-refractivity contribution in [1.82, 2.24) is 9.13 Å². The van der Waals surface area contributed by atoms with Crippen LogP contribution in [0.5, 0.6) is 0 Å². The number of para-hydroxylation sites is 4. The number of benzene rings is 6. The highest BCUT2D eigenvalue weighted by molar-refractivity contribution is 6.10. The van der Waals surface area contributed by atoms with Gasteiger partial charge in [0.05, 0.1) is 45.3 Å². The van der Waals surface area contributed by atoms with Gasteiger partial charge in [0.1, 0.15) is 0 Å². The first kappa shape index (κ1) is 23.8. The third kappa shape index (κ3) is 3.47. The molecule has 0 saturated carbocycles. The summed E-state index contributed by atoms with van der Waals surface area (Å²) in [5.74, 6) is 0. The summed E-state index contributed by atoms with van der Waals surface area (Å²) in [6.07, 6.45) is 0. The third-order valence-corrected chi connectivity index (χ3v) is 8.16. The molecule has 0 bridgehead atoms. The van der Waals surface area contributed by atoms with Crippen LogP contribution in [0.2, 0.25) is 0 Å². The van der Waals surface area contributed by atoms with E-state index in [1.54, 1.807) is 12.1 Å². The Hall–Kier alpha value is -6.10. The highest BCUT2D eigenvalue weighted by Crippen LogP contribution is 2.38. The van der Waals surface area contributed by atoms with E-state index in [1.807, 2.05) is 6.07 Å². The quantitative estimate of drug-likeness (QED) is 0.227. The normalized spacial score (nSPS) is 11.3. The van der Waals surface area contributed by atoms with Crippen LogP contribution in [-0.4, -0.2) is 9.13 Å². The summed E-state index contributed by atoms with van der Waals surface area (Å²) in [6.45, 7) is 0. The molecule has 6 aromatic carbocycles. The smallest absolute Gasteiger partial charge is 0.0998 e. The molecule has 4 nitrogen and oxygen atoms in total. The minimum Gasteiger partial charge on any atom is -0.309 e. The zero-order valence-corrected chi connectivity index (χ0v) is 22.5. The molecule has 2 heterocycles. The number of hydrogen-bond acceptors (Lipinski definition) is 2. The van der Waals surface area contributed by atoms with Gasteiger partial charge in [-0.15, -0.1) is 0 Å². The molecule has 8 aromatic rings. The minimum atomic E-state index is 0.469. The molecule has 194 valence electrons. The van der Waals surface area contributed by atoms with Crippen LogP contribution in [0.15, 0.2) is 133 Å². The molecule has 0 aliphatic rings. The lowest BCUT2D eigenvalue weighted by Gasteiger charge is -2.16. The van der Waals surface area contributed by atoms with Gasteiger partial charge in [-0.3, -0.25) is 0 Å². The zero-order chi connectivity index (χ0) is 28.2. The largest absolute Gasteiger partial charge is 0.309 e. The SMILES string of the molecule is N#Cc1ccc(-c2cc(-n3c4ccccc4c4ccccc43)cc(-n3c4ccccc4c4ccccc43)c2)c(C#N)c1. The summed E-state index contributed by atoms with van der Waals surface area (Å²) < 4.78 is 4.61. The molecule has 0 radical (unpaired) electrons. The summed E-state index contributed by atoms with van der Waals surface area (Å²) >= 11 is 0. The fourth-order valence-electron chi connectivity index (χ4n) is 6.37. The van der Waals surface area contributed by atoms with Gasteiger partial charge in [0.25, 0.3) is 0 Å². The lowest BCUT2D eigenvalue weighted by molar-refractivity contribution is 1.13. The van der Waals surface area contributed by atoms with Crippen molar-refractivity contribution in [2.45, 2.75) is 0 Å². The van der Waals surface area contributed by atoms with E-state index in [2.05, 4.69) is 137 Å². The van der Waals surface area contributed by atoms with Gasteiger partial charge in [0.15, 0.2) is 0 Å². The van der Waals surface area contributed by atoms with Gasteiger partial charge in [-0.2, -0.15) is 10.5 Å². The predicted octanol–water partition coefficient (Wildman–Crippen LogP) is 9.29. The maximum absolute atomic E-state index is 10.1. The summed E-state index contributed by atoms with van der Waals surface area (Å²) in [6, 6.07) is 50.3. The van der Waals surface area contributed by atoms with E-state index in [0.717, 1.165) is 44.6 Å². The topological polar surface area (TPSA) is 57.4 Å². The molecule has 0 amide bonds. The molecule has 0 N–H and O–H groups in total. The first-order valence-corrected chi connectivity index (χ1v) is 13.8. The Balaban J connectivity index is 1.51. The maximum Gasteiger partial charge on any atom is 0.0998 e. The van der Waals surface area contributed by atoms with Gasteiger partial charge in [-0.25, -0.2) is 0 Å². The molecular formula is C38H22N4. The van der Waals surface area contributed by atoms with Crippen molar-refractivity contribution in [2.75, 3.05) is 0 Å². The zero-order valence-electron chi connectivity index (χ0n) is 22.5. The van der Waals surface area contributed by atoms with Crippen molar-refractivity contribution < 1.29 is 0 Å². The first-order valence-electron chi connectivity index (χ1n) is 13.8. The van der Waals surface area contributed by atoms with Crippen LogP contribution in [0.25, 0.3) is 66.1 Å². The number of rotatable bonds is 3. The Morgan fingerprint density at radius 1 is 0.429 bits per heavy atom. The van der Waals surface area contributed by atoms with Crippen LogP contribution >= 0.6 is 0 Å². The molecular weight excluding hydrogens is 512 g/mol. The molecule has 0 saturated heterocycles. The highest BCUT2D eigenvalue weighted by Gasteiger charge is 2.18. The Bertz CT molecular complexity index is 2200. The molecule has 4 heteroatoms. The molecule has 0 aliphatic carbocycles. The van der Waals surface area contributed by atoms with Gasteiger partial charge in [-0.1, -0.05) is 78.9 Å². The van der Waals surface area contributed by atoms with E-state index in [-0.39, 0.29) is 0 Å². The van der Waals surface area contributed by atoms with Crippen molar-refractivity contribution >= 4 is 43.6 Å². The van der Waals surface area contributed by atoms with Crippen LogP contribution in [0.4, 0.5) is 0 Å². The fraction of sp³-hybridized carbons (Fsp3) is 0. The standard InChI is InChI=1S/C38H22N4/c39-23-25-17-18-30(27(19-25)24-40)26-20-28(41-35-13-5-1-9-31(35)32-10-2-6-14-36(32)41)22-29(21-26)42-37-15-7-3-11-33(37)34-12-4-8-16-38(34)42/h1-22H. The monoisotopic (exact) mass is 534 g/mol. The first-order chi connectivity index (χ1) is 20.7. The van der Waals surface area contributed by atoms with Crippen molar-refractivity contribution in [3.8, 4) is 34.6 Å². The number of nitrogens with zero attached hydrogens (tertiary/aromatic N) is 4. The van der Waals surface area contributed by atoms with E-state index in [9.17, 15) is 10.5 Å². The second-order valence-electron chi connectivity index (χ2n) is 10.5. The van der Waals surface area contributed by atoms with Crippen molar-refractivity contribution in [3.05, 3.63) is 145 Å². The Morgan fingerprint density at radius 3 is 1.26 bits per heavy atom. The minimum absolute atomic E-state index is 0.469. The van der Waals surface area contributed by atoms with Crippen molar-refractivity contribution in [3.63, 3.8) is 0 Å². The number of nitriles is 2. The summed E-state index contributed by atoms with van der Waals surface area (Å²) in [5.41, 5.74) is 9.10. The average Bonchev–Trinajstić information content (AvgIpc) is 3.57. The van der Waals surface area contributed by atoms with E-state index in [4.69, 9.17) is 0 Å².